The highest BCUT2D eigenvalue weighted by Gasteiger charge is 2.03. The second-order valence-corrected chi connectivity index (χ2v) is 4.40. The van der Waals surface area contributed by atoms with Crippen LogP contribution in [0.3, 0.4) is 0 Å². The molecular formula is C12H12BrN3O. The summed E-state index contributed by atoms with van der Waals surface area (Å²) in [6, 6.07) is 7.80. The van der Waals surface area contributed by atoms with Crippen molar-refractivity contribution in [2.24, 2.45) is 0 Å². The van der Waals surface area contributed by atoms with Crippen molar-refractivity contribution >= 4 is 21.7 Å². The number of nitrogens with zero attached hydrogens (tertiary/aromatic N) is 2. The first kappa shape index (κ1) is 11.9. The number of nitrogen functional groups attached to an aromatic ring is 1. The van der Waals surface area contributed by atoms with Gasteiger partial charge in [0.15, 0.2) is 0 Å². The lowest BCUT2D eigenvalue weighted by molar-refractivity contribution is 0.414. The van der Waals surface area contributed by atoms with Crippen LogP contribution in [0.4, 0.5) is 5.82 Å². The lowest BCUT2D eigenvalue weighted by Gasteiger charge is -2.04. The number of nitrogens with two attached hydrogens (primary N) is 1. The Morgan fingerprint density at radius 3 is 2.59 bits per heavy atom. The first-order chi connectivity index (χ1) is 8.19. The minimum Gasteiger partial charge on any atom is -0.497 e. The van der Waals surface area contributed by atoms with Crippen LogP contribution in [0.1, 0.15) is 11.4 Å². The van der Waals surface area contributed by atoms with Crippen molar-refractivity contribution in [3.63, 3.8) is 0 Å². The molecule has 0 atom stereocenters. The molecule has 88 valence electrons. The number of rotatable bonds is 3. The van der Waals surface area contributed by atoms with Gasteiger partial charge in [-0.25, -0.2) is 9.97 Å². The van der Waals surface area contributed by atoms with Crippen LogP contribution in [0, 0.1) is 0 Å². The quantitative estimate of drug-likeness (QED) is 0.944. The maximum Gasteiger partial charge on any atom is 0.141 e. The molecule has 0 radical (unpaired) electrons. The fourth-order valence-electron chi connectivity index (χ4n) is 1.43. The van der Waals surface area contributed by atoms with Crippen molar-refractivity contribution in [3.05, 3.63) is 46.3 Å². The summed E-state index contributed by atoms with van der Waals surface area (Å²) in [4.78, 5) is 8.41. The Bertz CT molecular complexity index is 514. The molecule has 1 aromatic heterocycles. The van der Waals surface area contributed by atoms with Gasteiger partial charge in [0.1, 0.15) is 17.4 Å². The second-order valence-electron chi connectivity index (χ2n) is 3.54. The molecule has 0 aliphatic heterocycles. The van der Waals surface area contributed by atoms with Crippen LogP contribution in [-0.4, -0.2) is 17.1 Å². The van der Waals surface area contributed by atoms with Crippen molar-refractivity contribution in [1.82, 2.24) is 9.97 Å². The van der Waals surface area contributed by atoms with Gasteiger partial charge in [-0.2, -0.15) is 0 Å². The third kappa shape index (κ3) is 2.94. The fraction of sp³-hybridized carbons (Fsp3) is 0.167. The highest BCUT2D eigenvalue weighted by atomic mass is 79.9. The van der Waals surface area contributed by atoms with E-state index in [-0.39, 0.29) is 0 Å². The maximum absolute atomic E-state index is 5.70. The first-order valence-electron chi connectivity index (χ1n) is 5.09. The molecule has 1 aromatic carbocycles. The second kappa shape index (κ2) is 5.14. The van der Waals surface area contributed by atoms with Gasteiger partial charge in [-0.15, -0.1) is 0 Å². The lowest BCUT2D eigenvalue weighted by atomic mass is 10.1. The van der Waals surface area contributed by atoms with Gasteiger partial charge in [0, 0.05) is 12.6 Å². The average molecular weight is 294 g/mol. The number of hydrogen-bond acceptors (Lipinski definition) is 4. The van der Waals surface area contributed by atoms with Gasteiger partial charge in [-0.05, 0) is 33.6 Å². The molecule has 0 bridgehead atoms. The lowest BCUT2D eigenvalue weighted by Crippen LogP contribution is -2.01. The van der Waals surface area contributed by atoms with Crippen LogP contribution in [0.5, 0.6) is 5.75 Å². The molecule has 0 fully saturated rings. The van der Waals surface area contributed by atoms with Gasteiger partial charge < -0.3 is 10.5 Å². The molecule has 5 heteroatoms. The fourth-order valence-corrected chi connectivity index (χ4v) is 1.62. The monoisotopic (exact) mass is 293 g/mol. The summed E-state index contributed by atoms with van der Waals surface area (Å²) in [5.41, 5.74) is 6.82. The molecule has 2 N–H and O–H groups in total. The summed E-state index contributed by atoms with van der Waals surface area (Å²) in [7, 11) is 1.65. The average Bonchev–Trinajstić information content (AvgIpc) is 2.35. The smallest absolute Gasteiger partial charge is 0.141 e. The molecule has 0 unspecified atom stereocenters. The van der Waals surface area contributed by atoms with Crippen LogP contribution in [0.25, 0.3) is 0 Å². The van der Waals surface area contributed by atoms with E-state index in [2.05, 4.69) is 25.9 Å². The normalized spacial score (nSPS) is 10.2. The highest BCUT2D eigenvalue weighted by Crippen LogP contribution is 2.17. The van der Waals surface area contributed by atoms with E-state index in [1.807, 2.05) is 24.3 Å². The molecule has 17 heavy (non-hydrogen) atoms. The molecule has 2 aromatic rings. The Morgan fingerprint density at radius 2 is 2.00 bits per heavy atom. The van der Waals surface area contributed by atoms with Crippen LogP contribution in [0.15, 0.2) is 34.9 Å². The number of halogens is 1. The van der Waals surface area contributed by atoms with Gasteiger partial charge in [0.2, 0.25) is 0 Å². The third-order valence-electron chi connectivity index (χ3n) is 2.34. The molecule has 0 saturated heterocycles. The molecule has 0 aliphatic rings. The predicted molar refractivity (Wildman–Crippen MR) is 69.9 cm³/mol. The Balaban J connectivity index is 2.16. The number of methoxy groups -OCH3 is 1. The zero-order chi connectivity index (χ0) is 12.3. The zero-order valence-electron chi connectivity index (χ0n) is 9.35. The largest absolute Gasteiger partial charge is 0.497 e. The number of anilines is 1. The summed E-state index contributed by atoms with van der Waals surface area (Å²) in [6.07, 6.45) is 2.32. The molecule has 2 rings (SSSR count). The SMILES string of the molecule is COc1ccc(Cc2ncc(Br)c(N)n2)cc1. The van der Waals surface area contributed by atoms with Gasteiger partial charge in [0.25, 0.3) is 0 Å². The molecule has 0 spiro atoms. The number of aromatic nitrogens is 2. The topological polar surface area (TPSA) is 61.0 Å². The Kier molecular flexibility index (Phi) is 3.58. The van der Waals surface area contributed by atoms with E-state index in [1.165, 1.54) is 0 Å². The van der Waals surface area contributed by atoms with Crippen molar-refractivity contribution in [2.45, 2.75) is 6.42 Å². The van der Waals surface area contributed by atoms with E-state index in [1.54, 1.807) is 13.3 Å². The summed E-state index contributed by atoms with van der Waals surface area (Å²) in [5, 5.41) is 0. The highest BCUT2D eigenvalue weighted by molar-refractivity contribution is 9.10. The Hall–Kier alpha value is -1.62. The minimum atomic E-state index is 0.462. The molecule has 0 amide bonds. The van der Waals surface area contributed by atoms with Gasteiger partial charge in [0.05, 0.1) is 11.6 Å². The van der Waals surface area contributed by atoms with E-state index in [0.29, 0.717) is 18.1 Å². The Morgan fingerprint density at radius 1 is 1.29 bits per heavy atom. The van der Waals surface area contributed by atoms with Crippen LogP contribution >= 0.6 is 15.9 Å². The summed E-state index contributed by atoms with van der Waals surface area (Å²) in [6.45, 7) is 0. The van der Waals surface area contributed by atoms with Crippen molar-refractivity contribution in [1.29, 1.82) is 0 Å². The van der Waals surface area contributed by atoms with Crippen LogP contribution < -0.4 is 10.5 Å². The standard InChI is InChI=1S/C12H12BrN3O/c1-17-9-4-2-8(3-5-9)6-11-15-7-10(13)12(14)16-11/h2-5,7H,6H2,1H3,(H2,14,15,16). The van der Waals surface area contributed by atoms with Gasteiger partial charge in [-0.1, -0.05) is 12.1 Å². The van der Waals surface area contributed by atoms with E-state index in [0.717, 1.165) is 15.8 Å². The molecule has 0 saturated carbocycles. The summed E-state index contributed by atoms with van der Waals surface area (Å²) >= 11 is 3.27. The Labute approximate surface area is 108 Å². The maximum atomic E-state index is 5.70. The molecule has 1 heterocycles. The minimum absolute atomic E-state index is 0.462. The van der Waals surface area contributed by atoms with Gasteiger partial charge in [-0.3, -0.25) is 0 Å². The van der Waals surface area contributed by atoms with E-state index < -0.39 is 0 Å². The van der Waals surface area contributed by atoms with Gasteiger partial charge >= 0.3 is 0 Å². The predicted octanol–water partition coefficient (Wildman–Crippen LogP) is 2.42. The van der Waals surface area contributed by atoms with Crippen LogP contribution in [-0.2, 0) is 6.42 Å². The number of benzene rings is 1. The summed E-state index contributed by atoms with van der Waals surface area (Å²) < 4.78 is 5.82. The molecular weight excluding hydrogens is 282 g/mol. The van der Waals surface area contributed by atoms with Crippen molar-refractivity contribution in [2.75, 3.05) is 12.8 Å². The van der Waals surface area contributed by atoms with E-state index in [9.17, 15) is 0 Å². The molecule has 4 nitrogen and oxygen atoms in total. The molecule has 0 aliphatic carbocycles. The van der Waals surface area contributed by atoms with Crippen molar-refractivity contribution in [3.8, 4) is 5.75 Å². The van der Waals surface area contributed by atoms with E-state index >= 15 is 0 Å². The van der Waals surface area contributed by atoms with E-state index in [4.69, 9.17) is 10.5 Å². The van der Waals surface area contributed by atoms with Crippen LogP contribution in [0.2, 0.25) is 0 Å². The zero-order valence-corrected chi connectivity index (χ0v) is 10.9. The first-order valence-corrected chi connectivity index (χ1v) is 5.88. The van der Waals surface area contributed by atoms with Crippen molar-refractivity contribution < 1.29 is 4.74 Å². The third-order valence-corrected chi connectivity index (χ3v) is 2.95. The summed E-state index contributed by atoms with van der Waals surface area (Å²) in [5.74, 6) is 2.00. The number of ether oxygens (including phenoxy) is 1. The number of hydrogen-bond donors (Lipinski definition) is 1.